The molecule has 0 bridgehead atoms. The van der Waals surface area contributed by atoms with E-state index >= 15 is 0 Å². The zero-order valence-corrected chi connectivity index (χ0v) is 9.68. The molecule has 7 nitrogen and oxygen atoms in total. The van der Waals surface area contributed by atoms with E-state index < -0.39 is 4.92 Å². The van der Waals surface area contributed by atoms with E-state index in [-0.39, 0.29) is 24.7 Å². The smallest absolute Gasteiger partial charge is 0.358 e. The second kappa shape index (κ2) is 6.00. The Kier molecular flexibility index (Phi) is 4.65. The maximum atomic E-state index is 11.3. The molecule has 0 atom stereocenters. The minimum absolute atomic E-state index is 0.192. The fraction of sp³-hybridized carbons (Fsp3) is 0.333. The number of carbonyl (C=O) groups is 1. The number of rotatable bonds is 6. The molecule has 1 N–H and O–H groups in total. The lowest BCUT2D eigenvalue weighted by atomic mass is 10.4. The first-order valence-corrected chi connectivity index (χ1v) is 5.13. The van der Waals surface area contributed by atoms with E-state index in [1.165, 1.54) is 17.1 Å². The summed E-state index contributed by atoms with van der Waals surface area (Å²) in [4.78, 5) is 24.6. The number of imidazole rings is 1. The lowest BCUT2D eigenvalue weighted by Crippen LogP contribution is -2.25. The molecular weight excluding hydrogens is 248 g/mol. The third-order valence-corrected chi connectivity index (χ3v) is 2.01. The van der Waals surface area contributed by atoms with Crippen LogP contribution in [0.1, 0.15) is 6.42 Å². The third kappa shape index (κ3) is 4.64. The van der Waals surface area contributed by atoms with Gasteiger partial charge in [0.2, 0.25) is 12.2 Å². The Labute approximate surface area is 102 Å². The van der Waals surface area contributed by atoms with E-state index in [0.29, 0.717) is 11.6 Å². The van der Waals surface area contributed by atoms with Crippen LogP contribution in [0.25, 0.3) is 0 Å². The molecule has 0 radical (unpaired) electrons. The van der Waals surface area contributed by atoms with Gasteiger partial charge in [-0.1, -0.05) is 18.2 Å². The Bertz CT molecular complexity index is 443. The van der Waals surface area contributed by atoms with Crippen molar-refractivity contribution in [3.8, 4) is 0 Å². The van der Waals surface area contributed by atoms with Gasteiger partial charge in [-0.25, -0.2) is 0 Å². The number of hydrogen-bond acceptors (Lipinski definition) is 4. The van der Waals surface area contributed by atoms with Crippen molar-refractivity contribution >= 4 is 23.3 Å². The molecule has 17 heavy (non-hydrogen) atoms. The zero-order chi connectivity index (χ0) is 12.8. The van der Waals surface area contributed by atoms with Crippen LogP contribution >= 0.6 is 11.6 Å². The number of hydrogen-bond donors (Lipinski definition) is 1. The number of nitrogens with one attached hydrogen (secondary N) is 1. The van der Waals surface area contributed by atoms with Crippen molar-refractivity contribution in [2.75, 3.05) is 6.54 Å². The van der Waals surface area contributed by atoms with Gasteiger partial charge in [0, 0.05) is 18.0 Å². The molecule has 92 valence electrons. The number of amides is 1. The number of halogens is 1. The van der Waals surface area contributed by atoms with Gasteiger partial charge in [0.15, 0.2) is 0 Å². The van der Waals surface area contributed by atoms with Crippen molar-refractivity contribution in [2.45, 2.75) is 13.0 Å². The van der Waals surface area contributed by atoms with Crippen LogP contribution in [0.5, 0.6) is 0 Å². The van der Waals surface area contributed by atoms with E-state index in [1.807, 2.05) is 0 Å². The van der Waals surface area contributed by atoms with Crippen LogP contribution < -0.4 is 5.32 Å². The highest BCUT2D eigenvalue weighted by Gasteiger charge is 2.10. The molecule has 0 fully saturated rings. The lowest BCUT2D eigenvalue weighted by Gasteiger charge is -2.03. The number of nitrogens with zero attached hydrogens (tertiary/aromatic N) is 3. The molecule has 0 aliphatic heterocycles. The summed E-state index contributed by atoms with van der Waals surface area (Å²) in [5, 5.41) is 13.2. The molecule has 0 aliphatic rings. The minimum Gasteiger partial charge on any atom is -0.358 e. The number of aryl methyl sites for hydroxylation is 1. The van der Waals surface area contributed by atoms with Gasteiger partial charge in [-0.3, -0.25) is 4.79 Å². The lowest BCUT2D eigenvalue weighted by molar-refractivity contribution is -0.389. The number of aromatic nitrogens is 2. The van der Waals surface area contributed by atoms with Gasteiger partial charge in [-0.05, 0) is 9.91 Å². The molecule has 0 aromatic carbocycles. The SMILES string of the molecule is C=C(Cl)CNC(=O)CCn1cnc([N+](=O)[O-])c1. The van der Waals surface area contributed by atoms with Gasteiger partial charge in [0.1, 0.15) is 6.20 Å². The molecule has 0 unspecified atom stereocenters. The Hall–Kier alpha value is -1.89. The molecule has 0 spiro atoms. The topological polar surface area (TPSA) is 90.1 Å². The van der Waals surface area contributed by atoms with Crippen molar-refractivity contribution in [1.29, 1.82) is 0 Å². The monoisotopic (exact) mass is 258 g/mol. The van der Waals surface area contributed by atoms with E-state index in [1.54, 1.807) is 0 Å². The van der Waals surface area contributed by atoms with Crippen molar-refractivity contribution < 1.29 is 9.72 Å². The largest absolute Gasteiger partial charge is 0.381 e. The highest BCUT2D eigenvalue weighted by atomic mass is 35.5. The molecule has 1 aromatic rings. The van der Waals surface area contributed by atoms with Gasteiger partial charge in [-0.15, -0.1) is 0 Å². The van der Waals surface area contributed by atoms with Gasteiger partial charge in [-0.2, -0.15) is 0 Å². The predicted octanol–water partition coefficient (Wildman–Crippen LogP) is 1.05. The van der Waals surface area contributed by atoms with Gasteiger partial charge in [0.25, 0.3) is 0 Å². The first-order chi connectivity index (χ1) is 7.99. The summed E-state index contributed by atoms with van der Waals surface area (Å²) < 4.78 is 1.48. The highest BCUT2D eigenvalue weighted by Crippen LogP contribution is 2.06. The second-order valence-electron chi connectivity index (χ2n) is 3.27. The molecule has 1 amide bonds. The van der Waals surface area contributed by atoms with Gasteiger partial charge >= 0.3 is 5.82 Å². The van der Waals surface area contributed by atoms with Crippen LogP contribution in [0.2, 0.25) is 0 Å². The molecule has 1 aromatic heterocycles. The summed E-state index contributed by atoms with van der Waals surface area (Å²) in [6.45, 7) is 3.96. The first kappa shape index (κ1) is 13.2. The second-order valence-corrected chi connectivity index (χ2v) is 3.81. The van der Waals surface area contributed by atoms with Crippen LogP contribution in [0.4, 0.5) is 5.82 Å². The first-order valence-electron chi connectivity index (χ1n) is 4.75. The van der Waals surface area contributed by atoms with Crippen LogP contribution in [0.3, 0.4) is 0 Å². The summed E-state index contributed by atoms with van der Waals surface area (Å²) in [7, 11) is 0. The third-order valence-electron chi connectivity index (χ3n) is 1.88. The Morgan fingerprint density at radius 3 is 2.94 bits per heavy atom. The molecule has 1 rings (SSSR count). The maximum absolute atomic E-state index is 11.3. The minimum atomic E-state index is -0.589. The average Bonchev–Trinajstić information content (AvgIpc) is 2.72. The summed E-state index contributed by atoms with van der Waals surface area (Å²) >= 11 is 5.48. The molecule has 1 heterocycles. The fourth-order valence-corrected chi connectivity index (χ4v) is 1.15. The Balaban J connectivity index is 2.36. The summed E-state index contributed by atoms with van der Waals surface area (Å²) in [6, 6.07) is 0. The Morgan fingerprint density at radius 1 is 1.71 bits per heavy atom. The van der Waals surface area contributed by atoms with Crippen LogP contribution in [-0.4, -0.2) is 26.9 Å². The van der Waals surface area contributed by atoms with Gasteiger partial charge < -0.3 is 20.0 Å². The zero-order valence-electron chi connectivity index (χ0n) is 8.93. The highest BCUT2D eigenvalue weighted by molar-refractivity contribution is 6.29. The normalized spacial score (nSPS) is 9.94. The number of nitro groups is 1. The maximum Gasteiger partial charge on any atom is 0.381 e. The van der Waals surface area contributed by atoms with Crippen molar-refractivity contribution in [1.82, 2.24) is 14.9 Å². The average molecular weight is 259 g/mol. The molecule has 0 aliphatic carbocycles. The number of carbonyl (C=O) groups excluding carboxylic acids is 1. The summed E-state index contributed by atoms with van der Waals surface area (Å²) in [5.74, 6) is -0.442. The summed E-state index contributed by atoms with van der Waals surface area (Å²) in [5.41, 5.74) is 0. The van der Waals surface area contributed by atoms with E-state index in [0.717, 1.165) is 0 Å². The molecule has 0 saturated carbocycles. The fourth-order valence-electron chi connectivity index (χ4n) is 1.08. The predicted molar refractivity (Wildman–Crippen MR) is 61.5 cm³/mol. The van der Waals surface area contributed by atoms with Crippen molar-refractivity contribution in [3.63, 3.8) is 0 Å². The van der Waals surface area contributed by atoms with Crippen LogP contribution in [0, 0.1) is 10.1 Å². The van der Waals surface area contributed by atoms with Crippen molar-refractivity contribution in [3.05, 3.63) is 34.2 Å². The standard InChI is InChI=1S/C9H11ClN4O3/c1-7(10)4-11-9(15)2-3-13-5-8(12-6-13)14(16)17/h5-6H,1-4H2,(H,11,15). The van der Waals surface area contributed by atoms with Gasteiger partial charge in [0.05, 0.1) is 6.54 Å². The molecular formula is C9H11ClN4O3. The van der Waals surface area contributed by atoms with E-state index in [9.17, 15) is 14.9 Å². The molecule has 8 heteroatoms. The molecule has 0 saturated heterocycles. The van der Waals surface area contributed by atoms with Crippen LogP contribution in [-0.2, 0) is 11.3 Å². The van der Waals surface area contributed by atoms with Crippen LogP contribution in [0.15, 0.2) is 24.1 Å². The van der Waals surface area contributed by atoms with E-state index in [2.05, 4.69) is 16.9 Å². The van der Waals surface area contributed by atoms with Crippen molar-refractivity contribution in [2.24, 2.45) is 0 Å². The quantitative estimate of drug-likeness (QED) is 0.610. The summed E-state index contributed by atoms with van der Waals surface area (Å²) in [6.07, 6.45) is 2.78. The Morgan fingerprint density at radius 2 is 2.41 bits per heavy atom. The van der Waals surface area contributed by atoms with E-state index in [4.69, 9.17) is 11.6 Å².